The molecule has 1 N–H and O–H groups in total. The lowest BCUT2D eigenvalue weighted by Gasteiger charge is -2.24. The Kier molecular flexibility index (Phi) is 5.43. The van der Waals surface area contributed by atoms with Crippen LogP contribution in [0.1, 0.15) is 23.8 Å². The van der Waals surface area contributed by atoms with Crippen molar-refractivity contribution in [3.63, 3.8) is 0 Å². The summed E-state index contributed by atoms with van der Waals surface area (Å²) in [6, 6.07) is 4.60. The van der Waals surface area contributed by atoms with E-state index in [2.05, 4.69) is 0 Å². The van der Waals surface area contributed by atoms with E-state index >= 15 is 0 Å². The van der Waals surface area contributed by atoms with E-state index in [0.29, 0.717) is 17.9 Å². The Hall–Kier alpha value is -2.29. The number of aliphatic carboxylic acids is 1. The summed E-state index contributed by atoms with van der Waals surface area (Å²) in [6.45, 7) is 0.494. The smallest absolute Gasteiger partial charge is 0.311 e. The van der Waals surface area contributed by atoms with E-state index in [1.807, 2.05) is 0 Å². The van der Waals surface area contributed by atoms with Gasteiger partial charge in [-0.15, -0.1) is 11.8 Å². The molecule has 1 amide bonds. The first kappa shape index (κ1) is 17.1. The number of carboxylic acid groups (broad SMARTS) is 1. The summed E-state index contributed by atoms with van der Waals surface area (Å²) in [6.07, 6.45) is -0.305. The van der Waals surface area contributed by atoms with Gasteiger partial charge >= 0.3 is 11.7 Å². The number of carbonyl (C=O) groups excluding carboxylic acids is 1. The second-order valence-corrected chi connectivity index (χ2v) is 6.08. The summed E-state index contributed by atoms with van der Waals surface area (Å²) in [7, 11) is 1.36. The number of benzene rings is 1. The van der Waals surface area contributed by atoms with Gasteiger partial charge in [0.05, 0.1) is 18.5 Å². The van der Waals surface area contributed by atoms with Crippen molar-refractivity contribution < 1.29 is 24.4 Å². The minimum absolute atomic E-state index is 0.0787. The summed E-state index contributed by atoms with van der Waals surface area (Å²) in [5, 5.41) is 19.4. The van der Waals surface area contributed by atoms with Crippen LogP contribution in [0.25, 0.3) is 0 Å². The molecule has 0 spiro atoms. The predicted molar refractivity (Wildman–Crippen MR) is 83.4 cm³/mol. The van der Waals surface area contributed by atoms with Gasteiger partial charge in [0.25, 0.3) is 0 Å². The highest BCUT2D eigenvalue weighted by Gasteiger charge is 2.32. The summed E-state index contributed by atoms with van der Waals surface area (Å²) in [4.78, 5) is 34.9. The van der Waals surface area contributed by atoms with Crippen LogP contribution in [0, 0.1) is 10.1 Å². The Labute approximate surface area is 136 Å². The molecule has 1 atom stereocenters. The molecule has 9 heteroatoms. The van der Waals surface area contributed by atoms with Crippen LogP contribution in [0.15, 0.2) is 18.2 Å². The number of ether oxygens (including phenoxy) is 1. The van der Waals surface area contributed by atoms with Gasteiger partial charge in [0.15, 0.2) is 5.75 Å². The first-order valence-electron chi connectivity index (χ1n) is 6.89. The SMILES string of the molecule is COc1ccc([C@@H]2SCCN2C(=O)CCC(=O)O)cc1[N+](=O)[O-]. The van der Waals surface area contributed by atoms with Crippen LogP contribution in [0.5, 0.6) is 5.75 Å². The van der Waals surface area contributed by atoms with Gasteiger partial charge in [-0.2, -0.15) is 0 Å². The van der Waals surface area contributed by atoms with Crippen LogP contribution in [0.3, 0.4) is 0 Å². The number of amides is 1. The molecule has 0 saturated carbocycles. The monoisotopic (exact) mass is 340 g/mol. The molecule has 1 aliphatic rings. The van der Waals surface area contributed by atoms with Crippen molar-refractivity contribution in [3.05, 3.63) is 33.9 Å². The van der Waals surface area contributed by atoms with Crippen molar-refractivity contribution in [3.8, 4) is 5.75 Å². The predicted octanol–water partition coefficient (Wildman–Crippen LogP) is 2.04. The molecule has 0 aliphatic carbocycles. The fourth-order valence-electron chi connectivity index (χ4n) is 2.36. The molecule has 2 rings (SSSR count). The Morgan fingerprint density at radius 2 is 2.22 bits per heavy atom. The molecule has 1 aliphatic heterocycles. The molecule has 1 aromatic carbocycles. The third kappa shape index (κ3) is 3.92. The van der Waals surface area contributed by atoms with Crippen LogP contribution in [0.4, 0.5) is 5.69 Å². The molecule has 0 bridgehead atoms. The van der Waals surface area contributed by atoms with E-state index < -0.39 is 10.9 Å². The maximum atomic E-state index is 12.2. The summed E-state index contributed by atoms with van der Waals surface area (Å²) in [5.74, 6) is -0.434. The lowest BCUT2D eigenvalue weighted by atomic mass is 10.1. The highest BCUT2D eigenvalue weighted by Crippen LogP contribution is 2.41. The van der Waals surface area contributed by atoms with E-state index in [1.54, 1.807) is 11.0 Å². The normalized spacial score (nSPS) is 17.1. The number of carbonyl (C=O) groups is 2. The van der Waals surface area contributed by atoms with Gasteiger partial charge in [-0.1, -0.05) is 6.07 Å². The lowest BCUT2D eigenvalue weighted by Crippen LogP contribution is -2.30. The average molecular weight is 340 g/mol. The zero-order valence-corrected chi connectivity index (χ0v) is 13.2. The molecule has 1 saturated heterocycles. The molecular weight excluding hydrogens is 324 g/mol. The molecule has 0 radical (unpaired) electrons. The highest BCUT2D eigenvalue weighted by molar-refractivity contribution is 7.99. The van der Waals surface area contributed by atoms with E-state index in [0.717, 1.165) is 0 Å². The number of rotatable bonds is 6. The second kappa shape index (κ2) is 7.32. The van der Waals surface area contributed by atoms with Crippen LogP contribution < -0.4 is 4.74 Å². The maximum absolute atomic E-state index is 12.2. The Balaban J connectivity index is 2.22. The van der Waals surface area contributed by atoms with Crippen LogP contribution in [-0.2, 0) is 9.59 Å². The number of hydrogen-bond donors (Lipinski definition) is 1. The minimum Gasteiger partial charge on any atom is -0.490 e. The fraction of sp³-hybridized carbons (Fsp3) is 0.429. The number of hydrogen-bond acceptors (Lipinski definition) is 6. The van der Waals surface area contributed by atoms with Crippen molar-refractivity contribution in [1.29, 1.82) is 0 Å². The second-order valence-electron chi connectivity index (χ2n) is 4.89. The van der Waals surface area contributed by atoms with Gasteiger partial charge < -0.3 is 14.7 Å². The van der Waals surface area contributed by atoms with Crippen molar-refractivity contribution >= 4 is 29.3 Å². The molecule has 8 nitrogen and oxygen atoms in total. The Bertz CT molecular complexity index is 636. The summed E-state index contributed by atoms with van der Waals surface area (Å²) in [5.41, 5.74) is 0.471. The number of methoxy groups -OCH3 is 1. The lowest BCUT2D eigenvalue weighted by molar-refractivity contribution is -0.385. The van der Waals surface area contributed by atoms with Crippen molar-refractivity contribution in [1.82, 2.24) is 4.90 Å². The van der Waals surface area contributed by atoms with Gasteiger partial charge in [-0.3, -0.25) is 19.7 Å². The van der Waals surface area contributed by atoms with Gasteiger partial charge in [-0.05, 0) is 11.6 Å². The molecular formula is C14H16N2O6S. The number of nitro benzene ring substituents is 1. The first-order valence-corrected chi connectivity index (χ1v) is 7.94. The van der Waals surface area contributed by atoms with Gasteiger partial charge in [0.2, 0.25) is 5.91 Å². The first-order chi connectivity index (χ1) is 10.9. The third-order valence-corrected chi connectivity index (χ3v) is 4.71. The molecule has 124 valence electrons. The van der Waals surface area contributed by atoms with E-state index in [-0.39, 0.29) is 35.6 Å². The summed E-state index contributed by atoms with van der Waals surface area (Å²) >= 11 is 1.49. The third-order valence-electron chi connectivity index (χ3n) is 3.45. The van der Waals surface area contributed by atoms with E-state index in [1.165, 1.54) is 31.0 Å². The Morgan fingerprint density at radius 1 is 1.48 bits per heavy atom. The van der Waals surface area contributed by atoms with Crippen molar-refractivity contribution in [2.24, 2.45) is 0 Å². The molecule has 0 unspecified atom stereocenters. The van der Waals surface area contributed by atoms with Crippen molar-refractivity contribution in [2.45, 2.75) is 18.2 Å². The average Bonchev–Trinajstić information content (AvgIpc) is 3.01. The maximum Gasteiger partial charge on any atom is 0.311 e. The van der Waals surface area contributed by atoms with Gasteiger partial charge in [-0.25, -0.2) is 0 Å². The van der Waals surface area contributed by atoms with Crippen molar-refractivity contribution in [2.75, 3.05) is 19.4 Å². The Morgan fingerprint density at radius 3 is 2.83 bits per heavy atom. The zero-order chi connectivity index (χ0) is 17.0. The molecule has 1 heterocycles. The largest absolute Gasteiger partial charge is 0.490 e. The number of carboxylic acids is 1. The topological polar surface area (TPSA) is 110 Å². The number of nitrogens with zero attached hydrogens (tertiary/aromatic N) is 2. The molecule has 23 heavy (non-hydrogen) atoms. The standard InChI is InChI=1S/C14H16N2O6S/c1-22-11-3-2-9(8-10(11)16(20)21)14-15(6-7-23-14)12(17)4-5-13(18)19/h2-3,8,14H,4-7H2,1H3,(H,18,19)/t14-/m0/s1. The van der Waals surface area contributed by atoms with Crippen LogP contribution in [0.2, 0.25) is 0 Å². The van der Waals surface area contributed by atoms with Crippen LogP contribution in [-0.4, -0.2) is 46.2 Å². The quantitative estimate of drug-likeness (QED) is 0.623. The molecule has 0 aromatic heterocycles. The van der Waals surface area contributed by atoms with Gasteiger partial charge in [0, 0.05) is 24.8 Å². The van der Waals surface area contributed by atoms with Crippen LogP contribution >= 0.6 is 11.8 Å². The number of nitro groups is 1. The molecule has 1 aromatic rings. The fourth-order valence-corrected chi connectivity index (χ4v) is 3.63. The summed E-state index contributed by atoms with van der Waals surface area (Å²) < 4.78 is 4.97. The zero-order valence-electron chi connectivity index (χ0n) is 12.4. The minimum atomic E-state index is -1.03. The highest BCUT2D eigenvalue weighted by atomic mass is 32.2. The van der Waals surface area contributed by atoms with E-state index in [4.69, 9.17) is 9.84 Å². The van der Waals surface area contributed by atoms with Gasteiger partial charge in [0.1, 0.15) is 5.37 Å². The molecule has 1 fully saturated rings. The van der Waals surface area contributed by atoms with E-state index in [9.17, 15) is 19.7 Å². The number of thioether (sulfide) groups is 1.